The lowest BCUT2D eigenvalue weighted by Crippen LogP contribution is -1.90. The van der Waals surface area contributed by atoms with Gasteiger partial charge in [0.2, 0.25) is 0 Å². The highest BCUT2D eigenvalue weighted by Crippen LogP contribution is 2.30. The van der Waals surface area contributed by atoms with Crippen molar-refractivity contribution in [2.24, 2.45) is 0 Å². The number of rotatable bonds is 2. The Hall–Kier alpha value is -1.61. The first-order chi connectivity index (χ1) is 7.72. The first kappa shape index (κ1) is 10.9. The molecule has 0 N–H and O–H groups in total. The molecule has 0 bridgehead atoms. The third-order valence-corrected chi connectivity index (χ3v) is 2.51. The van der Waals surface area contributed by atoms with Crippen LogP contribution in [0.15, 0.2) is 36.5 Å². The van der Waals surface area contributed by atoms with Gasteiger partial charge in [0, 0.05) is 11.1 Å². The molecule has 0 atom stereocenters. The quantitative estimate of drug-likeness (QED) is 0.746. The summed E-state index contributed by atoms with van der Waals surface area (Å²) in [6, 6.07) is 8.06. The van der Waals surface area contributed by atoms with Crippen molar-refractivity contribution >= 4 is 11.6 Å². The van der Waals surface area contributed by atoms with Gasteiger partial charge in [0.25, 0.3) is 0 Å². The van der Waals surface area contributed by atoms with Crippen LogP contribution in [0.5, 0.6) is 5.75 Å². The molecule has 0 saturated heterocycles. The molecule has 0 aliphatic carbocycles. The van der Waals surface area contributed by atoms with Gasteiger partial charge in [-0.15, -0.1) is 0 Å². The van der Waals surface area contributed by atoms with E-state index in [2.05, 4.69) is 4.98 Å². The maximum absolute atomic E-state index is 13.6. The molecule has 0 amide bonds. The SMILES string of the molecule is COc1cnc(Cl)c(-c2ccccc2F)c1. The molecule has 1 heterocycles. The number of methoxy groups -OCH3 is 1. The largest absolute Gasteiger partial charge is 0.495 e. The molecule has 2 nitrogen and oxygen atoms in total. The summed E-state index contributed by atoms with van der Waals surface area (Å²) in [6.45, 7) is 0. The molecule has 2 rings (SSSR count). The summed E-state index contributed by atoms with van der Waals surface area (Å²) in [5.41, 5.74) is 0.943. The lowest BCUT2D eigenvalue weighted by Gasteiger charge is -2.07. The number of benzene rings is 1. The predicted octanol–water partition coefficient (Wildman–Crippen LogP) is 3.55. The second kappa shape index (κ2) is 4.49. The van der Waals surface area contributed by atoms with Crippen LogP contribution in [-0.2, 0) is 0 Å². The van der Waals surface area contributed by atoms with Crippen molar-refractivity contribution < 1.29 is 9.13 Å². The van der Waals surface area contributed by atoms with Crippen LogP contribution in [0.1, 0.15) is 0 Å². The van der Waals surface area contributed by atoms with Crippen molar-refractivity contribution in [1.82, 2.24) is 4.98 Å². The van der Waals surface area contributed by atoms with E-state index >= 15 is 0 Å². The highest BCUT2D eigenvalue weighted by atomic mass is 35.5. The normalized spacial score (nSPS) is 10.2. The van der Waals surface area contributed by atoms with Crippen molar-refractivity contribution in [3.63, 3.8) is 0 Å². The van der Waals surface area contributed by atoms with Crippen LogP contribution in [0, 0.1) is 5.82 Å². The number of halogens is 2. The zero-order valence-corrected chi connectivity index (χ0v) is 9.33. The Morgan fingerprint density at radius 2 is 2.00 bits per heavy atom. The molecule has 1 aromatic carbocycles. The van der Waals surface area contributed by atoms with E-state index in [-0.39, 0.29) is 11.0 Å². The molecule has 0 aliphatic heterocycles. The minimum absolute atomic E-state index is 0.255. The van der Waals surface area contributed by atoms with E-state index in [9.17, 15) is 4.39 Å². The van der Waals surface area contributed by atoms with Crippen LogP contribution in [0.2, 0.25) is 5.15 Å². The third kappa shape index (κ3) is 1.99. The van der Waals surface area contributed by atoms with Crippen LogP contribution >= 0.6 is 11.6 Å². The van der Waals surface area contributed by atoms with Crippen LogP contribution in [-0.4, -0.2) is 12.1 Å². The highest BCUT2D eigenvalue weighted by Gasteiger charge is 2.10. The number of aromatic nitrogens is 1. The van der Waals surface area contributed by atoms with Gasteiger partial charge >= 0.3 is 0 Å². The Kier molecular flexibility index (Phi) is 3.06. The fourth-order valence-electron chi connectivity index (χ4n) is 1.41. The summed E-state index contributed by atoms with van der Waals surface area (Å²) in [5.74, 6) is 0.210. The molecule has 1 aromatic heterocycles. The van der Waals surface area contributed by atoms with Gasteiger partial charge < -0.3 is 4.74 Å². The molecule has 0 spiro atoms. The predicted molar refractivity (Wildman–Crippen MR) is 61.2 cm³/mol. The van der Waals surface area contributed by atoms with Crippen molar-refractivity contribution in [2.45, 2.75) is 0 Å². The summed E-state index contributed by atoms with van der Waals surface area (Å²) >= 11 is 5.93. The maximum atomic E-state index is 13.6. The Balaban J connectivity index is 2.59. The Bertz CT molecular complexity index is 516. The van der Waals surface area contributed by atoms with E-state index in [4.69, 9.17) is 16.3 Å². The number of ether oxygens (including phenoxy) is 1. The Morgan fingerprint density at radius 1 is 1.25 bits per heavy atom. The van der Waals surface area contributed by atoms with Gasteiger partial charge in [-0.3, -0.25) is 0 Å². The van der Waals surface area contributed by atoms with Crippen LogP contribution < -0.4 is 4.74 Å². The van der Waals surface area contributed by atoms with Crippen molar-refractivity contribution in [3.05, 3.63) is 47.5 Å². The number of hydrogen-bond donors (Lipinski definition) is 0. The molecule has 82 valence electrons. The summed E-state index contributed by atoms with van der Waals surface area (Å²) in [4.78, 5) is 3.94. The standard InChI is InChI=1S/C12H9ClFNO/c1-16-8-6-10(12(13)15-7-8)9-4-2-3-5-11(9)14/h2-7H,1H3. The zero-order chi connectivity index (χ0) is 11.5. The first-order valence-electron chi connectivity index (χ1n) is 4.67. The van der Waals surface area contributed by atoms with Gasteiger partial charge in [-0.25, -0.2) is 9.37 Å². The van der Waals surface area contributed by atoms with Crippen molar-refractivity contribution in [3.8, 4) is 16.9 Å². The summed E-state index contributed by atoms with van der Waals surface area (Å²) in [6.07, 6.45) is 1.49. The van der Waals surface area contributed by atoms with E-state index in [1.807, 2.05) is 0 Å². The van der Waals surface area contributed by atoms with Gasteiger partial charge in [0.1, 0.15) is 16.7 Å². The summed E-state index contributed by atoms with van der Waals surface area (Å²) in [5, 5.41) is 0.255. The average Bonchev–Trinajstić information content (AvgIpc) is 2.31. The Labute approximate surface area is 97.7 Å². The molecular formula is C12H9ClFNO. The second-order valence-corrected chi connectivity index (χ2v) is 3.55. The van der Waals surface area contributed by atoms with E-state index in [1.165, 1.54) is 19.4 Å². The number of pyridine rings is 1. The molecule has 0 saturated carbocycles. The van der Waals surface area contributed by atoms with Crippen LogP contribution in [0.4, 0.5) is 4.39 Å². The number of nitrogens with zero attached hydrogens (tertiary/aromatic N) is 1. The number of hydrogen-bond acceptors (Lipinski definition) is 2. The van der Waals surface area contributed by atoms with Crippen LogP contribution in [0.25, 0.3) is 11.1 Å². The summed E-state index contributed by atoms with van der Waals surface area (Å²) < 4.78 is 18.6. The van der Waals surface area contributed by atoms with Gasteiger partial charge in [-0.2, -0.15) is 0 Å². The first-order valence-corrected chi connectivity index (χ1v) is 5.04. The smallest absolute Gasteiger partial charge is 0.137 e. The van der Waals surface area contributed by atoms with E-state index in [0.717, 1.165) is 0 Å². The molecule has 0 aliphatic rings. The average molecular weight is 238 g/mol. The van der Waals surface area contributed by atoms with Crippen molar-refractivity contribution in [2.75, 3.05) is 7.11 Å². The minimum atomic E-state index is -0.334. The van der Waals surface area contributed by atoms with E-state index in [1.54, 1.807) is 24.3 Å². The molecule has 16 heavy (non-hydrogen) atoms. The second-order valence-electron chi connectivity index (χ2n) is 3.19. The van der Waals surface area contributed by atoms with E-state index in [0.29, 0.717) is 16.9 Å². The molecule has 0 radical (unpaired) electrons. The van der Waals surface area contributed by atoms with Gasteiger partial charge in [0.15, 0.2) is 0 Å². The monoisotopic (exact) mass is 237 g/mol. The molecule has 2 aromatic rings. The lowest BCUT2D eigenvalue weighted by molar-refractivity contribution is 0.413. The molecule has 0 fully saturated rings. The molecular weight excluding hydrogens is 229 g/mol. The highest BCUT2D eigenvalue weighted by molar-refractivity contribution is 6.32. The molecule has 0 unspecified atom stereocenters. The summed E-state index contributed by atoms with van der Waals surface area (Å²) in [7, 11) is 1.52. The Morgan fingerprint density at radius 3 is 2.69 bits per heavy atom. The maximum Gasteiger partial charge on any atom is 0.137 e. The van der Waals surface area contributed by atoms with Gasteiger partial charge in [-0.05, 0) is 12.1 Å². The van der Waals surface area contributed by atoms with E-state index < -0.39 is 0 Å². The zero-order valence-electron chi connectivity index (χ0n) is 8.58. The fraction of sp³-hybridized carbons (Fsp3) is 0.0833. The minimum Gasteiger partial charge on any atom is -0.495 e. The third-order valence-electron chi connectivity index (χ3n) is 2.21. The topological polar surface area (TPSA) is 22.1 Å². The lowest BCUT2D eigenvalue weighted by atomic mass is 10.1. The fourth-order valence-corrected chi connectivity index (χ4v) is 1.61. The van der Waals surface area contributed by atoms with Gasteiger partial charge in [-0.1, -0.05) is 29.8 Å². The van der Waals surface area contributed by atoms with Gasteiger partial charge in [0.05, 0.1) is 13.3 Å². The molecule has 4 heteroatoms. The van der Waals surface area contributed by atoms with Crippen molar-refractivity contribution in [1.29, 1.82) is 0 Å². The van der Waals surface area contributed by atoms with Crippen LogP contribution in [0.3, 0.4) is 0 Å².